The molecule has 2 unspecified atom stereocenters. The van der Waals surface area contributed by atoms with Gasteiger partial charge in [0.25, 0.3) is 0 Å². The molecule has 0 amide bonds. The summed E-state index contributed by atoms with van der Waals surface area (Å²) in [5, 5.41) is 5.75. The second-order valence-corrected chi connectivity index (χ2v) is 6.15. The van der Waals surface area contributed by atoms with Gasteiger partial charge in [-0.1, -0.05) is 18.2 Å². The highest BCUT2D eigenvalue weighted by Gasteiger charge is 2.23. The molecule has 0 radical (unpaired) electrons. The molecule has 0 bridgehead atoms. The van der Waals surface area contributed by atoms with Crippen molar-refractivity contribution in [2.24, 2.45) is 0 Å². The highest BCUT2D eigenvalue weighted by Crippen LogP contribution is 2.34. The summed E-state index contributed by atoms with van der Waals surface area (Å²) >= 11 is 1.84. The van der Waals surface area contributed by atoms with Crippen LogP contribution in [0.5, 0.6) is 0 Å². The van der Waals surface area contributed by atoms with E-state index >= 15 is 0 Å². The Labute approximate surface area is 117 Å². The second kappa shape index (κ2) is 5.43. The van der Waals surface area contributed by atoms with Gasteiger partial charge in [0.05, 0.1) is 0 Å². The molecule has 1 N–H and O–H groups in total. The Kier molecular flexibility index (Phi) is 3.67. The molecule has 1 heterocycles. The summed E-state index contributed by atoms with van der Waals surface area (Å²) in [6, 6.07) is 9.65. The maximum Gasteiger partial charge on any atom is 0.127 e. The van der Waals surface area contributed by atoms with Gasteiger partial charge in [-0.05, 0) is 49.3 Å². The molecule has 3 heteroatoms. The molecular weight excluding hydrogens is 257 g/mol. The van der Waals surface area contributed by atoms with Crippen molar-refractivity contribution in [3.8, 4) is 0 Å². The van der Waals surface area contributed by atoms with Gasteiger partial charge < -0.3 is 5.32 Å². The van der Waals surface area contributed by atoms with E-state index in [4.69, 9.17) is 0 Å². The fourth-order valence-electron chi connectivity index (χ4n) is 2.88. The standard InChI is InChI=1S/C16H18FNS/c1-11(12-5-2-3-6-14(12)17)18-15-7-4-8-16-13(15)9-10-19-16/h2-3,5-6,9-11,15,18H,4,7-8H2,1H3. The average Bonchev–Trinajstić information content (AvgIpc) is 2.88. The van der Waals surface area contributed by atoms with Crippen molar-refractivity contribution < 1.29 is 4.39 Å². The summed E-state index contributed by atoms with van der Waals surface area (Å²) in [5.41, 5.74) is 2.17. The Morgan fingerprint density at radius 2 is 2.16 bits per heavy atom. The summed E-state index contributed by atoms with van der Waals surface area (Å²) in [5.74, 6) is -0.121. The minimum Gasteiger partial charge on any atom is -0.303 e. The number of aryl methyl sites for hydroxylation is 1. The summed E-state index contributed by atoms with van der Waals surface area (Å²) in [4.78, 5) is 1.49. The summed E-state index contributed by atoms with van der Waals surface area (Å²) < 4.78 is 13.8. The quantitative estimate of drug-likeness (QED) is 0.862. The number of rotatable bonds is 3. The van der Waals surface area contributed by atoms with Crippen molar-refractivity contribution in [1.29, 1.82) is 0 Å². The van der Waals surface area contributed by atoms with Crippen LogP contribution in [0.4, 0.5) is 4.39 Å². The van der Waals surface area contributed by atoms with Crippen LogP contribution in [0.3, 0.4) is 0 Å². The number of hydrogen-bond acceptors (Lipinski definition) is 2. The molecule has 2 atom stereocenters. The van der Waals surface area contributed by atoms with Gasteiger partial charge in [0.15, 0.2) is 0 Å². The van der Waals surface area contributed by atoms with E-state index < -0.39 is 0 Å². The van der Waals surface area contributed by atoms with Crippen LogP contribution in [-0.4, -0.2) is 0 Å². The molecule has 3 rings (SSSR count). The lowest BCUT2D eigenvalue weighted by molar-refractivity contribution is 0.410. The molecule has 0 saturated heterocycles. The molecule has 19 heavy (non-hydrogen) atoms. The lowest BCUT2D eigenvalue weighted by atomic mass is 9.93. The molecule has 1 aromatic heterocycles. The highest BCUT2D eigenvalue weighted by molar-refractivity contribution is 7.10. The van der Waals surface area contributed by atoms with E-state index in [0.717, 1.165) is 12.0 Å². The van der Waals surface area contributed by atoms with Gasteiger partial charge in [-0.15, -0.1) is 11.3 Å². The monoisotopic (exact) mass is 275 g/mol. The van der Waals surface area contributed by atoms with Crippen LogP contribution < -0.4 is 5.32 Å². The molecule has 1 nitrogen and oxygen atoms in total. The first kappa shape index (κ1) is 12.8. The van der Waals surface area contributed by atoms with E-state index in [0.29, 0.717) is 6.04 Å². The van der Waals surface area contributed by atoms with E-state index in [9.17, 15) is 4.39 Å². The van der Waals surface area contributed by atoms with E-state index in [1.165, 1.54) is 29.3 Å². The van der Waals surface area contributed by atoms with Crippen molar-refractivity contribution >= 4 is 11.3 Å². The zero-order valence-corrected chi connectivity index (χ0v) is 11.8. The Balaban J connectivity index is 1.78. The van der Waals surface area contributed by atoms with Crippen LogP contribution >= 0.6 is 11.3 Å². The number of halogens is 1. The number of thiophene rings is 1. The fraction of sp³-hybridized carbons (Fsp3) is 0.375. The summed E-state index contributed by atoms with van der Waals surface area (Å²) in [6.45, 7) is 2.04. The average molecular weight is 275 g/mol. The zero-order valence-electron chi connectivity index (χ0n) is 11.0. The number of benzene rings is 1. The topological polar surface area (TPSA) is 12.0 Å². The lowest BCUT2D eigenvalue weighted by Gasteiger charge is -2.27. The van der Waals surface area contributed by atoms with E-state index in [1.54, 1.807) is 6.07 Å². The predicted octanol–water partition coefficient (Wildman–Crippen LogP) is 4.62. The normalized spacial score (nSPS) is 20.0. The van der Waals surface area contributed by atoms with Crippen molar-refractivity contribution in [2.45, 2.75) is 38.3 Å². The maximum absolute atomic E-state index is 13.8. The molecule has 2 aromatic rings. The van der Waals surface area contributed by atoms with Gasteiger partial charge >= 0.3 is 0 Å². The Morgan fingerprint density at radius 3 is 3.00 bits per heavy atom. The van der Waals surface area contributed by atoms with Gasteiger partial charge in [0.1, 0.15) is 5.82 Å². The number of fused-ring (bicyclic) bond motifs is 1. The van der Waals surface area contributed by atoms with Crippen molar-refractivity contribution in [2.75, 3.05) is 0 Å². The Bertz CT molecular complexity index is 563. The van der Waals surface area contributed by atoms with Gasteiger partial charge in [-0.25, -0.2) is 4.39 Å². The van der Waals surface area contributed by atoms with Crippen LogP contribution in [0.25, 0.3) is 0 Å². The van der Waals surface area contributed by atoms with Crippen LogP contribution in [0.15, 0.2) is 35.7 Å². The predicted molar refractivity (Wildman–Crippen MR) is 77.9 cm³/mol. The molecule has 100 valence electrons. The largest absolute Gasteiger partial charge is 0.303 e. The van der Waals surface area contributed by atoms with Gasteiger partial charge in [-0.3, -0.25) is 0 Å². The zero-order chi connectivity index (χ0) is 13.2. The molecule has 0 fully saturated rings. The first-order valence-corrected chi connectivity index (χ1v) is 7.70. The van der Waals surface area contributed by atoms with Gasteiger partial charge in [0.2, 0.25) is 0 Å². The smallest absolute Gasteiger partial charge is 0.127 e. The minimum absolute atomic E-state index is 0.0389. The van der Waals surface area contributed by atoms with E-state index in [2.05, 4.69) is 16.8 Å². The van der Waals surface area contributed by atoms with Gasteiger partial charge in [0, 0.05) is 22.5 Å². The lowest BCUT2D eigenvalue weighted by Crippen LogP contribution is -2.27. The molecular formula is C16H18FNS. The molecule has 0 saturated carbocycles. The van der Waals surface area contributed by atoms with Crippen molar-refractivity contribution in [3.05, 3.63) is 57.5 Å². The van der Waals surface area contributed by atoms with Crippen molar-refractivity contribution in [3.63, 3.8) is 0 Å². The number of nitrogens with one attached hydrogen (secondary N) is 1. The summed E-state index contributed by atoms with van der Waals surface area (Å²) in [7, 11) is 0. The van der Waals surface area contributed by atoms with Crippen LogP contribution in [0.1, 0.15) is 47.9 Å². The molecule has 1 aliphatic carbocycles. The third kappa shape index (κ3) is 2.58. The Morgan fingerprint density at radius 1 is 1.32 bits per heavy atom. The third-order valence-corrected chi connectivity index (χ3v) is 4.87. The van der Waals surface area contributed by atoms with Gasteiger partial charge in [-0.2, -0.15) is 0 Å². The molecule has 1 aromatic carbocycles. The van der Waals surface area contributed by atoms with E-state index in [-0.39, 0.29) is 11.9 Å². The molecule has 0 spiro atoms. The van der Waals surface area contributed by atoms with Crippen LogP contribution in [0.2, 0.25) is 0 Å². The fourth-order valence-corrected chi connectivity index (χ4v) is 3.86. The Hall–Kier alpha value is -1.19. The molecule has 0 aliphatic heterocycles. The first-order valence-electron chi connectivity index (χ1n) is 6.82. The number of hydrogen-bond donors (Lipinski definition) is 1. The highest BCUT2D eigenvalue weighted by atomic mass is 32.1. The minimum atomic E-state index is -0.121. The SMILES string of the molecule is CC(NC1CCCc2sccc21)c1ccccc1F. The maximum atomic E-state index is 13.8. The van der Waals surface area contributed by atoms with Crippen LogP contribution in [0, 0.1) is 5.82 Å². The van der Waals surface area contributed by atoms with Crippen molar-refractivity contribution in [1.82, 2.24) is 5.32 Å². The molecule has 1 aliphatic rings. The third-order valence-electron chi connectivity index (χ3n) is 3.87. The van der Waals surface area contributed by atoms with E-state index in [1.807, 2.05) is 30.4 Å². The van der Waals surface area contributed by atoms with Crippen LogP contribution in [-0.2, 0) is 6.42 Å². The summed E-state index contributed by atoms with van der Waals surface area (Å²) in [6.07, 6.45) is 3.55. The second-order valence-electron chi connectivity index (χ2n) is 5.15. The first-order chi connectivity index (χ1) is 9.25.